The van der Waals surface area contributed by atoms with Gasteiger partial charge in [-0.3, -0.25) is 24.2 Å². The molecule has 2 aromatic carbocycles. The van der Waals surface area contributed by atoms with E-state index in [4.69, 9.17) is 4.42 Å². The van der Waals surface area contributed by atoms with Crippen LogP contribution in [0.2, 0.25) is 0 Å². The number of aromatic nitrogens is 1. The van der Waals surface area contributed by atoms with Crippen molar-refractivity contribution in [1.29, 1.82) is 0 Å². The van der Waals surface area contributed by atoms with Gasteiger partial charge in [-0.15, -0.1) is 0 Å². The zero-order valence-electron chi connectivity index (χ0n) is 15.9. The number of hydrogen-bond donors (Lipinski definition) is 0. The van der Waals surface area contributed by atoms with Crippen molar-refractivity contribution in [2.45, 2.75) is 6.54 Å². The lowest BCUT2D eigenvalue weighted by atomic mass is 10.1. The summed E-state index contributed by atoms with van der Waals surface area (Å²) in [4.78, 5) is 45.7. The topological polar surface area (TPSA) is 83.7 Å². The van der Waals surface area contributed by atoms with Crippen molar-refractivity contribution in [1.82, 2.24) is 9.88 Å². The third-order valence-corrected chi connectivity index (χ3v) is 6.47. The van der Waals surface area contributed by atoms with Crippen LogP contribution in [0, 0.1) is 0 Å². The molecule has 5 rings (SSSR count). The molecule has 31 heavy (non-hydrogen) atoms. The molecular formula is C22H14BrN3O4S. The van der Waals surface area contributed by atoms with Crippen molar-refractivity contribution in [3.8, 4) is 0 Å². The molecule has 9 heteroatoms. The normalized spacial score (nSPS) is 13.1. The summed E-state index contributed by atoms with van der Waals surface area (Å²) in [6.45, 7) is -0.247. The molecule has 2 aromatic heterocycles. The Balaban J connectivity index is 1.47. The molecular weight excluding hydrogens is 482 g/mol. The van der Waals surface area contributed by atoms with E-state index < -0.39 is 17.7 Å². The standard InChI is InChI=1S/C22H14BrN3O4S/c23-13-7-8-17-18(10-13)31-22(24-17)25(11-14-4-3-9-30-14)19(27)12-26-20(28)15-5-1-2-6-16(15)21(26)29/h1-10H,11-12H2. The molecule has 0 aliphatic carbocycles. The van der Waals surface area contributed by atoms with E-state index in [-0.39, 0.29) is 13.1 Å². The summed E-state index contributed by atoms with van der Waals surface area (Å²) in [5, 5.41) is 0.464. The first-order valence-corrected chi connectivity index (χ1v) is 11.0. The molecule has 0 unspecified atom stereocenters. The largest absolute Gasteiger partial charge is 0.467 e. The molecule has 0 N–H and O–H groups in total. The Morgan fingerprint density at radius 3 is 2.48 bits per heavy atom. The van der Waals surface area contributed by atoms with Crippen LogP contribution in [0.3, 0.4) is 0 Å². The van der Waals surface area contributed by atoms with E-state index >= 15 is 0 Å². The number of furan rings is 1. The lowest BCUT2D eigenvalue weighted by Gasteiger charge is -2.21. The molecule has 0 saturated carbocycles. The monoisotopic (exact) mass is 495 g/mol. The SMILES string of the molecule is O=C1c2ccccc2C(=O)N1CC(=O)N(Cc1ccco1)c1nc2ccc(Br)cc2s1. The van der Waals surface area contributed by atoms with Crippen LogP contribution in [0.25, 0.3) is 10.2 Å². The maximum absolute atomic E-state index is 13.3. The zero-order valence-corrected chi connectivity index (χ0v) is 18.4. The fourth-order valence-electron chi connectivity index (χ4n) is 3.43. The van der Waals surface area contributed by atoms with Gasteiger partial charge in [0.2, 0.25) is 5.91 Å². The second kappa shape index (κ2) is 7.75. The lowest BCUT2D eigenvalue weighted by molar-refractivity contribution is -0.119. The molecule has 0 saturated heterocycles. The van der Waals surface area contributed by atoms with Gasteiger partial charge in [0.05, 0.1) is 34.2 Å². The van der Waals surface area contributed by atoms with E-state index in [1.807, 2.05) is 18.2 Å². The fraction of sp³-hybridized carbons (Fsp3) is 0.0909. The average Bonchev–Trinajstić information content (AvgIpc) is 3.48. The number of carbonyl (C=O) groups excluding carboxylic acids is 3. The third-order valence-electron chi connectivity index (χ3n) is 4.94. The second-order valence-corrected chi connectivity index (χ2v) is 8.83. The van der Waals surface area contributed by atoms with E-state index in [0.717, 1.165) is 19.6 Å². The summed E-state index contributed by atoms with van der Waals surface area (Å²) in [6, 6.07) is 15.7. The van der Waals surface area contributed by atoms with E-state index in [2.05, 4.69) is 20.9 Å². The summed E-state index contributed by atoms with van der Waals surface area (Å²) in [6.07, 6.45) is 1.53. The first-order chi connectivity index (χ1) is 15.0. The van der Waals surface area contributed by atoms with Crippen LogP contribution in [0.5, 0.6) is 0 Å². The average molecular weight is 496 g/mol. The van der Waals surface area contributed by atoms with Crippen LogP contribution in [-0.4, -0.2) is 34.2 Å². The van der Waals surface area contributed by atoms with E-state index in [1.165, 1.54) is 22.5 Å². The van der Waals surface area contributed by atoms with Gasteiger partial charge in [0.25, 0.3) is 11.8 Å². The second-order valence-electron chi connectivity index (χ2n) is 6.91. The third kappa shape index (κ3) is 3.55. The van der Waals surface area contributed by atoms with Gasteiger partial charge in [0, 0.05) is 4.47 Å². The van der Waals surface area contributed by atoms with Crippen LogP contribution >= 0.6 is 27.3 Å². The number of thiazole rings is 1. The molecule has 0 atom stereocenters. The van der Waals surface area contributed by atoms with E-state index in [9.17, 15) is 14.4 Å². The maximum atomic E-state index is 13.3. The number of benzene rings is 2. The number of hydrogen-bond acceptors (Lipinski definition) is 6. The van der Waals surface area contributed by atoms with Crippen molar-refractivity contribution < 1.29 is 18.8 Å². The van der Waals surface area contributed by atoms with Gasteiger partial charge in [-0.25, -0.2) is 4.98 Å². The van der Waals surface area contributed by atoms with E-state index in [1.54, 1.807) is 36.4 Å². The first-order valence-electron chi connectivity index (χ1n) is 9.35. The van der Waals surface area contributed by atoms with Crippen molar-refractivity contribution >= 4 is 60.3 Å². The number of rotatable bonds is 5. The van der Waals surface area contributed by atoms with Crippen molar-refractivity contribution in [3.05, 3.63) is 82.2 Å². The highest BCUT2D eigenvalue weighted by atomic mass is 79.9. The predicted molar refractivity (Wildman–Crippen MR) is 119 cm³/mol. The van der Waals surface area contributed by atoms with Gasteiger partial charge in [-0.2, -0.15) is 0 Å². The van der Waals surface area contributed by atoms with Crippen LogP contribution in [0.4, 0.5) is 5.13 Å². The minimum Gasteiger partial charge on any atom is -0.467 e. The number of halogens is 1. The highest BCUT2D eigenvalue weighted by Gasteiger charge is 2.37. The molecule has 3 heterocycles. The van der Waals surface area contributed by atoms with Crippen molar-refractivity contribution in [2.75, 3.05) is 11.4 Å². The first kappa shape index (κ1) is 19.7. The molecule has 3 amide bonds. The maximum Gasteiger partial charge on any atom is 0.262 e. The van der Waals surface area contributed by atoms with Crippen molar-refractivity contribution in [2.24, 2.45) is 0 Å². The Bertz CT molecular complexity index is 1300. The Morgan fingerprint density at radius 1 is 1.06 bits per heavy atom. The number of amides is 3. The number of anilines is 1. The number of carbonyl (C=O) groups is 3. The predicted octanol–water partition coefficient (Wildman–Crippen LogP) is 4.48. The summed E-state index contributed by atoms with van der Waals surface area (Å²) in [5.41, 5.74) is 1.37. The highest BCUT2D eigenvalue weighted by molar-refractivity contribution is 9.10. The zero-order chi connectivity index (χ0) is 21.5. The van der Waals surface area contributed by atoms with Gasteiger partial charge >= 0.3 is 0 Å². The molecule has 0 fully saturated rings. The molecule has 4 aromatic rings. The molecule has 7 nitrogen and oxygen atoms in total. The number of nitrogens with zero attached hydrogens (tertiary/aromatic N) is 3. The Morgan fingerprint density at radius 2 is 1.81 bits per heavy atom. The molecule has 1 aliphatic heterocycles. The summed E-state index contributed by atoms with van der Waals surface area (Å²) >= 11 is 4.79. The molecule has 154 valence electrons. The van der Waals surface area contributed by atoms with Gasteiger partial charge in [0.1, 0.15) is 12.3 Å². The van der Waals surface area contributed by atoms with Crippen LogP contribution in [0.1, 0.15) is 26.5 Å². The van der Waals surface area contributed by atoms with Gasteiger partial charge in [-0.05, 0) is 42.5 Å². The quantitative estimate of drug-likeness (QED) is 0.381. The molecule has 0 bridgehead atoms. The summed E-state index contributed by atoms with van der Waals surface area (Å²) < 4.78 is 7.23. The molecule has 0 spiro atoms. The van der Waals surface area contributed by atoms with Gasteiger partial charge < -0.3 is 4.42 Å². The minimum atomic E-state index is -0.472. The van der Waals surface area contributed by atoms with Crippen molar-refractivity contribution in [3.63, 3.8) is 0 Å². The molecule has 0 radical (unpaired) electrons. The Kier molecular flexibility index (Phi) is 4.91. The molecule has 1 aliphatic rings. The van der Waals surface area contributed by atoms with Crippen LogP contribution in [0.15, 0.2) is 69.8 Å². The van der Waals surface area contributed by atoms with E-state index in [0.29, 0.717) is 22.0 Å². The smallest absolute Gasteiger partial charge is 0.262 e. The van der Waals surface area contributed by atoms with Crippen LogP contribution in [-0.2, 0) is 11.3 Å². The fourth-order valence-corrected chi connectivity index (χ4v) is 4.96. The Labute approximate surface area is 189 Å². The van der Waals surface area contributed by atoms with Crippen LogP contribution < -0.4 is 4.90 Å². The highest BCUT2D eigenvalue weighted by Crippen LogP contribution is 2.32. The minimum absolute atomic E-state index is 0.135. The number of fused-ring (bicyclic) bond motifs is 2. The number of imide groups is 1. The summed E-state index contributed by atoms with van der Waals surface area (Å²) in [5.74, 6) is -0.805. The summed E-state index contributed by atoms with van der Waals surface area (Å²) in [7, 11) is 0. The Hall–Kier alpha value is -3.30. The van der Waals surface area contributed by atoms with Gasteiger partial charge in [-0.1, -0.05) is 39.4 Å². The lowest BCUT2D eigenvalue weighted by Crippen LogP contribution is -2.42. The van der Waals surface area contributed by atoms with Gasteiger partial charge in [0.15, 0.2) is 5.13 Å².